The predicted molar refractivity (Wildman–Crippen MR) is 74.5 cm³/mol. The van der Waals surface area contributed by atoms with Gasteiger partial charge in [-0.3, -0.25) is 4.79 Å². The maximum atomic E-state index is 13.1. The highest BCUT2D eigenvalue weighted by molar-refractivity contribution is 5.88. The van der Waals surface area contributed by atoms with Crippen molar-refractivity contribution in [3.63, 3.8) is 0 Å². The lowest BCUT2D eigenvalue weighted by Crippen LogP contribution is -2.29. The van der Waals surface area contributed by atoms with E-state index >= 15 is 0 Å². The van der Waals surface area contributed by atoms with Crippen molar-refractivity contribution in [3.05, 3.63) is 35.8 Å². The van der Waals surface area contributed by atoms with Crippen LogP contribution in [-0.2, 0) is 11.2 Å². The van der Waals surface area contributed by atoms with Crippen LogP contribution in [0.4, 0.5) is 4.39 Å². The lowest BCUT2D eigenvalue weighted by Gasteiger charge is -2.16. The van der Waals surface area contributed by atoms with Crippen molar-refractivity contribution in [1.29, 1.82) is 0 Å². The molecule has 4 heteroatoms. The van der Waals surface area contributed by atoms with Gasteiger partial charge < -0.3 is 9.88 Å². The highest BCUT2D eigenvalue weighted by atomic mass is 19.1. The van der Waals surface area contributed by atoms with Gasteiger partial charge in [0, 0.05) is 30.7 Å². The first kappa shape index (κ1) is 13.6. The summed E-state index contributed by atoms with van der Waals surface area (Å²) in [7, 11) is 1.83. The molecule has 1 N–H and O–H groups in total. The van der Waals surface area contributed by atoms with E-state index in [1.807, 2.05) is 7.05 Å². The van der Waals surface area contributed by atoms with Crippen molar-refractivity contribution in [2.45, 2.75) is 26.2 Å². The minimum Gasteiger partial charge on any atom is -0.361 e. The largest absolute Gasteiger partial charge is 0.361 e. The standard InChI is InChI=1S/C15H19FN2O/c1-3-4-7-18(2)15(19)8-11-10-17-14-9-12(16)5-6-13(11)14/h5-6,9-10,17H,3-4,7-8H2,1-2H3. The highest BCUT2D eigenvalue weighted by Crippen LogP contribution is 2.20. The first-order chi connectivity index (χ1) is 9.11. The topological polar surface area (TPSA) is 36.1 Å². The van der Waals surface area contributed by atoms with E-state index in [0.717, 1.165) is 35.9 Å². The van der Waals surface area contributed by atoms with Gasteiger partial charge in [-0.1, -0.05) is 13.3 Å². The summed E-state index contributed by atoms with van der Waals surface area (Å²) in [5, 5.41) is 0.915. The lowest BCUT2D eigenvalue weighted by molar-refractivity contribution is -0.129. The molecule has 0 aliphatic rings. The molecular weight excluding hydrogens is 243 g/mol. The van der Waals surface area contributed by atoms with Crippen molar-refractivity contribution in [3.8, 4) is 0 Å². The number of amides is 1. The first-order valence-corrected chi connectivity index (χ1v) is 6.61. The van der Waals surface area contributed by atoms with E-state index in [1.165, 1.54) is 12.1 Å². The van der Waals surface area contributed by atoms with Crippen LogP contribution in [0.2, 0.25) is 0 Å². The SMILES string of the molecule is CCCCN(C)C(=O)Cc1c[nH]c2cc(F)ccc12. The fourth-order valence-electron chi connectivity index (χ4n) is 2.12. The van der Waals surface area contributed by atoms with Gasteiger partial charge in [0.05, 0.1) is 6.42 Å². The van der Waals surface area contributed by atoms with E-state index in [2.05, 4.69) is 11.9 Å². The highest BCUT2D eigenvalue weighted by Gasteiger charge is 2.12. The predicted octanol–water partition coefficient (Wildman–Crippen LogP) is 3.11. The summed E-state index contributed by atoms with van der Waals surface area (Å²) >= 11 is 0. The number of halogens is 1. The van der Waals surface area contributed by atoms with Crippen LogP contribution in [0.1, 0.15) is 25.3 Å². The van der Waals surface area contributed by atoms with Gasteiger partial charge in [-0.2, -0.15) is 0 Å². The molecule has 2 aromatic rings. The van der Waals surface area contributed by atoms with Crippen LogP contribution in [-0.4, -0.2) is 29.4 Å². The van der Waals surface area contributed by atoms with E-state index in [9.17, 15) is 9.18 Å². The van der Waals surface area contributed by atoms with Crippen LogP contribution in [0, 0.1) is 5.82 Å². The molecule has 1 aromatic heterocycles. The molecule has 3 nitrogen and oxygen atoms in total. The molecule has 102 valence electrons. The smallest absolute Gasteiger partial charge is 0.226 e. The minimum atomic E-state index is -0.271. The average molecular weight is 262 g/mol. The van der Waals surface area contributed by atoms with Gasteiger partial charge in [0.1, 0.15) is 5.82 Å². The van der Waals surface area contributed by atoms with E-state index < -0.39 is 0 Å². The Labute approximate surface area is 112 Å². The van der Waals surface area contributed by atoms with Gasteiger partial charge in [0.15, 0.2) is 0 Å². The van der Waals surface area contributed by atoms with Crippen molar-refractivity contribution in [2.24, 2.45) is 0 Å². The monoisotopic (exact) mass is 262 g/mol. The number of aromatic nitrogens is 1. The molecule has 1 heterocycles. The van der Waals surface area contributed by atoms with Gasteiger partial charge in [-0.05, 0) is 30.2 Å². The zero-order valence-corrected chi connectivity index (χ0v) is 11.4. The number of unbranched alkanes of at least 4 members (excludes halogenated alkanes) is 1. The van der Waals surface area contributed by atoms with Crippen molar-refractivity contribution >= 4 is 16.8 Å². The molecule has 1 amide bonds. The molecule has 0 radical (unpaired) electrons. The average Bonchev–Trinajstić information content (AvgIpc) is 2.78. The molecule has 19 heavy (non-hydrogen) atoms. The molecule has 0 saturated heterocycles. The molecule has 0 unspecified atom stereocenters. The molecular formula is C15H19FN2O. The maximum absolute atomic E-state index is 13.1. The molecule has 0 bridgehead atoms. The third kappa shape index (κ3) is 3.13. The number of rotatable bonds is 5. The summed E-state index contributed by atoms with van der Waals surface area (Å²) in [5.41, 5.74) is 1.65. The molecule has 1 aromatic carbocycles. The zero-order chi connectivity index (χ0) is 13.8. The number of carbonyl (C=O) groups excluding carboxylic acids is 1. The van der Waals surface area contributed by atoms with Crippen LogP contribution < -0.4 is 0 Å². The zero-order valence-electron chi connectivity index (χ0n) is 11.4. The van der Waals surface area contributed by atoms with Crippen LogP contribution in [0.3, 0.4) is 0 Å². The number of carbonyl (C=O) groups is 1. The molecule has 0 spiro atoms. The van der Waals surface area contributed by atoms with E-state index in [-0.39, 0.29) is 11.7 Å². The second-order valence-electron chi connectivity index (χ2n) is 4.85. The van der Waals surface area contributed by atoms with Crippen LogP contribution in [0.5, 0.6) is 0 Å². The number of nitrogens with one attached hydrogen (secondary N) is 1. The summed E-state index contributed by atoms with van der Waals surface area (Å²) in [6, 6.07) is 4.59. The number of H-pyrrole nitrogens is 1. The second kappa shape index (κ2) is 5.87. The van der Waals surface area contributed by atoms with Crippen LogP contribution >= 0.6 is 0 Å². The van der Waals surface area contributed by atoms with Gasteiger partial charge in [0.2, 0.25) is 5.91 Å². The fourth-order valence-corrected chi connectivity index (χ4v) is 2.12. The summed E-state index contributed by atoms with van der Waals surface area (Å²) in [6.07, 6.45) is 4.23. The normalized spacial score (nSPS) is 10.9. The van der Waals surface area contributed by atoms with Crippen LogP contribution in [0.25, 0.3) is 10.9 Å². The third-order valence-electron chi connectivity index (χ3n) is 3.34. The number of nitrogens with zero attached hydrogens (tertiary/aromatic N) is 1. The Morgan fingerprint density at radius 2 is 2.21 bits per heavy atom. The maximum Gasteiger partial charge on any atom is 0.226 e. The fraction of sp³-hybridized carbons (Fsp3) is 0.400. The molecule has 2 rings (SSSR count). The molecule has 0 atom stereocenters. The van der Waals surface area contributed by atoms with Gasteiger partial charge in [-0.25, -0.2) is 4.39 Å². The Balaban J connectivity index is 2.11. The first-order valence-electron chi connectivity index (χ1n) is 6.61. The summed E-state index contributed by atoms with van der Waals surface area (Å²) in [5.74, 6) is -0.175. The van der Waals surface area contributed by atoms with Crippen molar-refractivity contribution in [1.82, 2.24) is 9.88 Å². The van der Waals surface area contributed by atoms with Gasteiger partial charge in [-0.15, -0.1) is 0 Å². The summed E-state index contributed by atoms with van der Waals surface area (Å²) in [4.78, 5) is 16.8. The summed E-state index contributed by atoms with van der Waals surface area (Å²) < 4.78 is 13.1. The molecule has 0 fully saturated rings. The lowest BCUT2D eigenvalue weighted by atomic mass is 10.1. The Bertz CT molecular complexity index is 577. The number of fused-ring (bicyclic) bond motifs is 1. The Kier molecular flexibility index (Phi) is 4.20. The number of likely N-dealkylation sites (N-methyl/N-ethyl adjacent to an activating group) is 1. The number of hydrogen-bond acceptors (Lipinski definition) is 1. The summed E-state index contributed by atoms with van der Waals surface area (Å²) in [6.45, 7) is 2.89. The Morgan fingerprint density at radius 3 is 2.95 bits per heavy atom. The van der Waals surface area contributed by atoms with Gasteiger partial charge >= 0.3 is 0 Å². The number of hydrogen-bond donors (Lipinski definition) is 1. The Hall–Kier alpha value is -1.84. The van der Waals surface area contributed by atoms with Crippen molar-refractivity contribution < 1.29 is 9.18 Å². The molecule has 0 aliphatic carbocycles. The quantitative estimate of drug-likeness (QED) is 0.883. The molecule has 0 aliphatic heterocycles. The number of aromatic amines is 1. The van der Waals surface area contributed by atoms with E-state index in [4.69, 9.17) is 0 Å². The van der Waals surface area contributed by atoms with Crippen molar-refractivity contribution in [2.75, 3.05) is 13.6 Å². The Morgan fingerprint density at radius 1 is 1.42 bits per heavy atom. The van der Waals surface area contributed by atoms with E-state index in [1.54, 1.807) is 17.2 Å². The second-order valence-corrected chi connectivity index (χ2v) is 4.85. The van der Waals surface area contributed by atoms with E-state index in [0.29, 0.717) is 6.42 Å². The minimum absolute atomic E-state index is 0.0960. The van der Waals surface area contributed by atoms with Crippen LogP contribution in [0.15, 0.2) is 24.4 Å². The third-order valence-corrected chi connectivity index (χ3v) is 3.34. The number of benzene rings is 1. The van der Waals surface area contributed by atoms with Gasteiger partial charge in [0.25, 0.3) is 0 Å². The molecule has 0 saturated carbocycles.